The molecule has 112 valence electrons. The minimum absolute atomic E-state index is 0.325. The number of hydrogen-bond acceptors (Lipinski definition) is 2. The zero-order chi connectivity index (χ0) is 14.5. The SMILES string of the molecule is CCC(O)c1ccc(N(CC(C)C)C2CCCC2)cc1. The van der Waals surface area contributed by atoms with E-state index < -0.39 is 0 Å². The molecule has 1 aromatic rings. The predicted octanol–water partition coefficient (Wildman–Crippen LogP) is 4.54. The van der Waals surface area contributed by atoms with E-state index in [4.69, 9.17) is 0 Å². The van der Waals surface area contributed by atoms with Crippen LogP contribution in [0.15, 0.2) is 24.3 Å². The molecule has 1 N–H and O–H groups in total. The number of hydrogen-bond donors (Lipinski definition) is 1. The first kappa shape index (κ1) is 15.4. The van der Waals surface area contributed by atoms with Crippen molar-refractivity contribution in [3.63, 3.8) is 0 Å². The Morgan fingerprint density at radius 2 is 1.75 bits per heavy atom. The quantitative estimate of drug-likeness (QED) is 0.824. The Morgan fingerprint density at radius 1 is 1.15 bits per heavy atom. The van der Waals surface area contributed by atoms with Gasteiger partial charge in [0, 0.05) is 18.3 Å². The molecule has 0 saturated heterocycles. The van der Waals surface area contributed by atoms with Gasteiger partial charge in [-0.15, -0.1) is 0 Å². The summed E-state index contributed by atoms with van der Waals surface area (Å²) in [6.45, 7) is 7.72. The number of benzene rings is 1. The predicted molar refractivity (Wildman–Crippen MR) is 86.1 cm³/mol. The summed E-state index contributed by atoms with van der Waals surface area (Å²) in [7, 11) is 0. The Balaban J connectivity index is 2.15. The molecule has 2 rings (SSSR count). The van der Waals surface area contributed by atoms with Crippen molar-refractivity contribution in [3.05, 3.63) is 29.8 Å². The summed E-state index contributed by atoms with van der Waals surface area (Å²) >= 11 is 0. The summed E-state index contributed by atoms with van der Waals surface area (Å²) in [5.74, 6) is 0.677. The lowest BCUT2D eigenvalue weighted by molar-refractivity contribution is 0.173. The smallest absolute Gasteiger partial charge is 0.0787 e. The van der Waals surface area contributed by atoms with Crippen LogP contribution in [0.25, 0.3) is 0 Å². The Morgan fingerprint density at radius 3 is 2.25 bits per heavy atom. The molecule has 2 heteroatoms. The lowest BCUT2D eigenvalue weighted by atomic mass is 10.0. The molecule has 1 saturated carbocycles. The van der Waals surface area contributed by atoms with Crippen molar-refractivity contribution >= 4 is 5.69 Å². The van der Waals surface area contributed by atoms with E-state index in [9.17, 15) is 5.11 Å². The monoisotopic (exact) mass is 275 g/mol. The van der Waals surface area contributed by atoms with Crippen LogP contribution in [0.1, 0.15) is 64.5 Å². The normalized spacial score (nSPS) is 17.6. The largest absolute Gasteiger partial charge is 0.388 e. The van der Waals surface area contributed by atoms with Crippen LogP contribution >= 0.6 is 0 Å². The van der Waals surface area contributed by atoms with Crippen LogP contribution < -0.4 is 4.90 Å². The van der Waals surface area contributed by atoms with Crippen LogP contribution in [0, 0.1) is 5.92 Å². The summed E-state index contributed by atoms with van der Waals surface area (Å²) in [6.07, 6.45) is 5.84. The van der Waals surface area contributed by atoms with Gasteiger partial charge < -0.3 is 10.0 Å². The van der Waals surface area contributed by atoms with Crippen molar-refractivity contribution in [1.82, 2.24) is 0 Å². The maximum atomic E-state index is 9.90. The second kappa shape index (κ2) is 7.12. The molecule has 0 bridgehead atoms. The second-order valence-corrected chi connectivity index (χ2v) is 6.50. The highest BCUT2D eigenvalue weighted by atomic mass is 16.3. The van der Waals surface area contributed by atoms with E-state index in [-0.39, 0.29) is 6.10 Å². The number of aliphatic hydroxyl groups is 1. The van der Waals surface area contributed by atoms with Crippen molar-refractivity contribution in [2.45, 2.75) is 65.0 Å². The van der Waals surface area contributed by atoms with Gasteiger partial charge in [0.05, 0.1) is 6.10 Å². The van der Waals surface area contributed by atoms with Crippen LogP contribution in [0.2, 0.25) is 0 Å². The molecule has 20 heavy (non-hydrogen) atoms. The summed E-state index contributed by atoms with van der Waals surface area (Å²) in [5.41, 5.74) is 2.35. The minimum Gasteiger partial charge on any atom is -0.388 e. The maximum absolute atomic E-state index is 9.90. The van der Waals surface area contributed by atoms with Crippen molar-refractivity contribution in [3.8, 4) is 0 Å². The van der Waals surface area contributed by atoms with Gasteiger partial charge in [0.25, 0.3) is 0 Å². The average molecular weight is 275 g/mol. The van der Waals surface area contributed by atoms with Gasteiger partial charge in [0.2, 0.25) is 0 Å². The van der Waals surface area contributed by atoms with Crippen LogP contribution in [-0.4, -0.2) is 17.7 Å². The maximum Gasteiger partial charge on any atom is 0.0787 e. The lowest BCUT2D eigenvalue weighted by Crippen LogP contribution is -2.36. The van der Waals surface area contributed by atoms with Gasteiger partial charge in [-0.2, -0.15) is 0 Å². The minimum atomic E-state index is -0.325. The number of anilines is 1. The van der Waals surface area contributed by atoms with E-state index >= 15 is 0 Å². The Labute approximate surface area is 123 Å². The van der Waals surface area contributed by atoms with Crippen LogP contribution in [-0.2, 0) is 0 Å². The Bertz CT molecular complexity index is 392. The summed E-state index contributed by atoms with van der Waals surface area (Å²) in [4.78, 5) is 2.58. The fourth-order valence-electron chi connectivity index (χ4n) is 3.20. The number of aliphatic hydroxyl groups excluding tert-OH is 1. The third-order valence-electron chi connectivity index (χ3n) is 4.32. The molecule has 1 unspecified atom stereocenters. The van der Waals surface area contributed by atoms with E-state index in [0.717, 1.165) is 18.5 Å². The van der Waals surface area contributed by atoms with Gasteiger partial charge in [0.15, 0.2) is 0 Å². The van der Waals surface area contributed by atoms with Gasteiger partial charge >= 0.3 is 0 Å². The molecule has 1 aliphatic rings. The summed E-state index contributed by atoms with van der Waals surface area (Å²) < 4.78 is 0. The van der Waals surface area contributed by atoms with Gasteiger partial charge in [-0.3, -0.25) is 0 Å². The Kier molecular flexibility index (Phi) is 5.47. The zero-order valence-corrected chi connectivity index (χ0v) is 13.2. The lowest BCUT2D eigenvalue weighted by Gasteiger charge is -2.33. The molecule has 0 aromatic heterocycles. The third-order valence-corrected chi connectivity index (χ3v) is 4.32. The van der Waals surface area contributed by atoms with E-state index in [1.165, 1.54) is 31.4 Å². The van der Waals surface area contributed by atoms with Crippen LogP contribution in [0.5, 0.6) is 0 Å². The topological polar surface area (TPSA) is 23.5 Å². The van der Waals surface area contributed by atoms with Gasteiger partial charge in [-0.05, 0) is 42.9 Å². The number of nitrogens with zero attached hydrogens (tertiary/aromatic N) is 1. The van der Waals surface area contributed by atoms with Gasteiger partial charge in [0.1, 0.15) is 0 Å². The first-order valence-electron chi connectivity index (χ1n) is 8.16. The molecule has 2 nitrogen and oxygen atoms in total. The highest BCUT2D eigenvalue weighted by Gasteiger charge is 2.23. The fourth-order valence-corrected chi connectivity index (χ4v) is 3.20. The molecule has 0 spiro atoms. The first-order chi connectivity index (χ1) is 9.61. The van der Waals surface area contributed by atoms with Crippen molar-refractivity contribution in [1.29, 1.82) is 0 Å². The molecule has 1 aliphatic carbocycles. The standard InChI is InChI=1S/C18H29NO/c1-4-18(20)15-9-11-17(12-10-15)19(13-14(2)3)16-7-5-6-8-16/h9-12,14,16,18,20H,4-8,13H2,1-3H3. The zero-order valence-electron chi connectivity index (χ0n) is 13.2. The van der Waals surface area contributed by atoms with Crippen molar-refractivity contribution < 1.29 is 5.11 Å². The van der Waals surface area contributed by atoms with Crippen LogP contribution in [0.3, 0.4) is 0 Å². The van der Waals surface area contributed by atoms with Gasteiger partial charge in [-0.25, -0.2) is 0 Å². The molecule has 1 aromatic carbocycles. The molecule has 0 amide bonds. The van der Waals surface area contributed by atoms with E-state index in [1.54, 1.807) is 0 Å². The molecule has 1 fully saturated rings. The molecule has 0 aliphatic heterocycles. The summed E-state index contributed by atoms with van der Waals surface area (Å²) in [6, 6.07) is 9.26. The Hall–Kier alpha value is -1.02. The van der Waals surface area contributed by atoms with E-state index in [0.29, 0.717) is 12.0 Å². The second-order valence-electron chi connectivity index (χ2n) is 6.50. The number of rotatable bonds is 6. The molecule has 0 heterocycles. The summed E-state index contributed by atoms with van der Waals surface area (Å²) in [5, 5.41) is 9.90. The first-order valence-corrected chi connectivity index (χ1v) is 8.16. The van der Waals surface area contributed by atoms with Gasteiger partial charge in [-0.1, -0.05) is 45.7 Å². The third kappa shape index (κ3) is 3.76. The molecular weight excluding hydrogens is 246 g/mol. The van der Waals surface area contributed by atoms with Crippen molar-refractivity contribution in [2.75, 3.05) is 11.4 Å². The highest BCUT2D eigenvalue weighted by molar-refractivity contribution is 5.49. The van der Waals surface area contributed by atoms with E-state index in [1.807, 2.05) is 6.92 Å². The average Bonchev–Trinajstić information content (AvgIpc) is 2.98. The molecule has 0 radical (unpaired) electrons. The highest BCUT2D eigenvalue weighted by Crippen LogP contribution is 2.30. The molecule has 1 atom stereocenters. The van der Waals surface area contributed by atoms with Crippen LogP contribution in [0.4, 0.5) is 5.69 Å². The fraction of sp³-hybridized carbons (Fsp3) is 0.667. The van der Waals surface area contributed by atoms with Crippen molar-refractivity contribution in [2.24, 2.45) is 5.92 Å². The van der Waals surface area contributed by atoms with E-state index in [2.05, 4.69) is 43.0 Å². The molecular formula is C18H29NO.